The molecular weight excluding hydrogens is 486 g/mol. The zero-order valence-electron chi connectivity index (χ0n) is 21.8. The minimum atomic E-state index is -1.74. The number of fused-ring (bicyclic) bond motifs is 2. The first-order chi connectivity index (χ1) is 18.4. The van der Waals surface area contributed by atoms with E-state index in [-0.39, 0.29) is 17.9 Å². The van der Waals surface area contributed by atoms with Crippen LogP contribution in [0.1, 0.15) is 31.4 Å². The molecule has 3 aliphatic rings. The largest absolute Gasteiger partial charge is 0.507 e. The highest BCUT2D eigenvalue weighted by molar-refractivity contribution is 6.50. The molecule has 0 bridgehead atoms. The number of anilines is 1. The summed E-state index contributed by atoms with van der Waals surface area (Å²) < 4.78 is 10.9. The lowest BCUT2D eigenvalue weighted by Gasteiger charge is -2.36. The second kappa shape index (κ2) is 10.6. The lowest BCUT2D eigenvalue weighted by atomic mass is 9.82. The molecule has 1 spiro atoms. The van der Waals surface area contributed by atoms with E-state index in [0.717, 1.165) is 0 Å². The first-order valence-electron chi connectivity index (χ1n) is 13.2. The van der Waals surface area contributed by atoms with Gasteiger partial charge in [0.15, 0.2) is 5.54 Å². The van der Waals surface area contributed by atoms with Crippen molar-refractivity contribution in [2.45, 2.75) is 25.8 Å². The van der Waals surface area contributed by atoms with Crippen LogP contribution in [-0.4, -0.2) is 85.0 Å². The first kappa shape index (κ1) is 25.9. The van der Waals surface area contributed by atoms with Crippen molar-refractivity contribution in [1.29, 1.82) is 0 Å². The Balaban J connectivity index is 1.68. The Morgan fingerprint density at radius 2 is 1.68 bits per heavy atom. The molecule has 3 heterocycles. The standard InChI is InChI=1S/C29H33N3O6/c1-3-13-31-23-8-6-5-7-22(23)29(28(31)36)24(25(33)20-9-11-21(12-10-20)38-4-2)26(34)27(35)32(29)15-14-30-16-18-37-19-17-30/h5-12,33H,3-4,13-19H2,1-2H3/b25-24+. The molecule has 0 aromatic heterocycles. The molecule has 9 nitrogen and oxygen atoms in total. The van der Waals surface area contributed by atoms with Gasteiger partial charge in [0, 0.05) is 43.9 Å². The minimum Gasteiger partial charge on any atom is -0.507 e. The van der Waals surface area contributed by atoms with Crippen LogP contribution in [0.25, 0.3) is 5.76 Å². The summed E-state index contributed by atoms with van der Waals surface area (Å²) in [5.74, 6) is -1.80. The molecule has 2 amide bonds. The van der Waals surface area contributed by atoms with Crippen LogP contribution in [0.2, 0.25) is 0 Å². The van der Waals surface area contributed by atoms with Gasteiger partial charge in [-0.1, -0.05) is 25.1 Å². The Morgan fingerprint density at radius 1 is 0.974 bits per heavy atom. The van der Waals surface area contributed by atoms with Gasteiger partial charge in [-0.3, -0.25) is 19.3 Å². The van der Waals surface area contributed by atoms with Crippen LogP contribution in [0, 0.1) is 0 Å². The van der Waals surface area contributed by atoms with E-state index in [1.807, 2.05) is 26.0 Å². The molecule has 2 aromatic carbocycles. The predicted molar refractivity (Wildman–Crippen MR) is 142 cm³/mol. The van der Waals surface area contributed by atoms with Gasteiger partial charge in [-0.25, -0.2) is 0 Å². The highest BCUT2D eigenvalue weighted by atomic mass is 16.5. The zero-order chi connectivity index (χ0) is 26.9. The summed E-state index contributed by atoms with van der Waals surface area (Å²) in [6.07, 6.45) is 0.690. The van der Waals surface area contributed by atoms with Crippen molar-refractivity contribution in [3.8, 4) is 5.75 Å². The van der Waals surface area contributed by atoms with Gasteiger partial charge < -0.3 is 24.4 Å². The molecule has 1 atom stereocenters. The summed E-state index contributed by atoms with van der Waals surface area (Å²) >= 11 is 0. The Kier molecular flexibility index (Phi) is 7.23. The number of ketones is 1. The van der Waals surface area contributed by atoms with E-state index in [9.17, 15) is 19.5 Å². The molecular formula is C29H33N3O6. The Morgan fingerprint density at radius 3 is 2.37 bits per heavy atom. The normalized spacial score (nSPS) is 22.9. The number of benzene rings is 2. The molecule has 0 radical (unpaired) electrons. The number of aliphatic hydroxyl groups is 1. The van der Waals surface area contributed by atoms with Crippen molar-refractivity contribution >= 4 is 29.0 Å². The van der Waals surface area contributed by atoms with Crippen molar-refractivity contribution < 1.29 is 29.0 Å². The molecule has 0 aliphatic carbocycles. The van der Waals surface area contributed by atoms with Crippen LogP contribution in [-0.2, 0) is 24.7 Å². The lowest BCUT2D eigenvalue weighted by Crippen LogP contribution is -2.54. The van der Waals surface area contributed by atoms with Crippen LogP contribution in [0.15, 0.2) is 54.1 Å². The molecule has 0 saturated carbocycles. The third kappa shape index (κ3) is 4.06. The highest BCUT2D eigenvalue weighted by Crippen LogP contribution is 2.53. The van der Waals surface area contributed by atoms with Crippen LogP contribution < -0.4 is 9.64 Å². The van der Waals surface area contributed by atoms with Gasteiger partial charge in [-0.15, -0.1) is 0 Å². The number of amides is 2. The third-order valence-corrected chi connectivity index (χ3v) is 7.44. The van der Waals surface area contributed by atoms with Gasteiger partial charge in [-0.2, -0.15) is 0 Å². The number of Topliss-reactive ketones (excluding diaryl/α,β-unsaturated/α-hetero) is 1. The average Bonchev–Trinajstić information content (AvgIpc) is 3.31. The topological polar surface area (TPSA) is 99.6 Å². The summed E-state index contributed by atoms with van der Waals surface area (Å²) in [6.45, 7) is 7.97. The van der Waals surface area contributed by atoms with Crippen molar-refractivity contribution in [2.75, 3.05) is 57.4 Å². The maximum Gasteiger partial charge on any atom is 0.296 e. The van der Waals surface area contributed by atoms with Gasteiger partial charge in [0.25, 0.3) is 17.6 Å². The van der Waals surface area contributed by atoms with Gasteiger partial charge in [0.05, 0.1) is 31.1 Å². The van der Waals surface area contributed by atoms with Crippen LogP contribution in [0.3, 0.4) is 0 Å². The number of aliphatic hydroxyl groups excluding tert-OH is 1. The number of carbonyl (C=O) groups is 3. The van der Waals surface area contributed by atoms with E-state index < -0.39 is 23.1 Å². The predicted octanol–water partition coefficient (Wildman–Crippen LogP) is 2.75. The fourth-order valence-electron chi connectivity index (χ4n) is 5.70. The van der Waals surface area contributed by atoms with Crippen molar-refractivity contribution in [2.24, 2.45) is 0 Å². The van der Waals surface area contributed by atoms with Crippen molar-refractivity contribution in [1.82, 2.24) is 9.80 Å². The SMILES string of the molecule is CCCN1C(=O)C2(/C(=C(/O)c3ccc(OCC)cc3)C(=O)C(=O)N2CCN2CCOCC2)c2ccccc21. The summed E-state index contributed by atoms with van der Waals surface area (Å²) in [5, 5.41) is 11.6. The molecule has 2 saturated heterocycles. The average molecular weight is 520 g/mol. The zero-order valence-corrected chi connectivity index (χ0v) is 21.8. The van der Waals surface area contributed by atoms with Crippen LogP contribution in [0.5, 0.6) is 5.75 Å². The molecule has 2 fully saturated rings. The third-order valence-electron chi connectivity index (χ3n) is 7.44. The summed E-state index contributed by atoms with van der Waals surface area (Å²) in [6, 6.07) is 13.9. The van der Waals surface area contributed by atoms with Crippen LogP contribution >= 0.6 is 0 Å². The number of hydrogen-bond donors (Lipinski definition) is 1. The number of likely N-dealkylation sites (tertiary alicyclic amines) is 1. The fourth-order valence-corrected chi connectivity index (χ4v) is 5.70. The Bertz CT molecular complexity index is 1270. The van der Waals surface area contributed by atoms with Crippen molar-refractivity contribution in [3.05, 3.63) is 65.2 Å². The maximum absolute atomic E-state index is 14.4. The molecule has 38 heavy (non-hydrogen) atoms. The van der Waals surface area contributed by atoms with Crippen LogP contribution in [0.4, 0.5) is 5.69 Å². The number of para-hydroxylation sites is 1. The molecule has 2 aromatic rings. The molecule has 5 rings (SSSR count). The van der Waals surface area contributed by atoms with Crippen molar-refractivity contribution in [3.63, 3.8) is 0 Å². The van der Waals surface area contributed by atoms with E-state index in [1.165, 1.54) is 4.90 Å². The lowest BCUT2D eigenvalue weighted by molar-refractivity contribution is -0.144. The smallest absolute Gasteiger partial charge is 0.296 e. The van der Waals surface area contributed by atoms with Gasteiger partial charge in [0.2, 0.25) is 0 Å². The summed E-state index contributed by atoms with van der Waals surface area (Å²) in [4.78, 5) is 46.9. The van der Waals surface area contributed by atoms with Gasteiger partial charge in [0.1, 0.15) is 11.5 Å². The number of nitrogens with zero attached hydrogens (tertiary/aromatic N) is 3. The number of morpholine rings is 1. The monoisotopic (exact) mass is 519 g/mol. The number of rotatable bonds is 8. The van der Waals surface area contributed by atoms with E-state index in [1.54, 1.807) is 41.3 Å². The van der Waals surface area contributed by atoms with Gasteiger partial charge >= 0.3 is 0 Å². The van der Waals surface area contributed by atoms with E-state index in [4.69, 9.17) is 9.47 Å². The molecule has 1 unspecified atom stereocenters. The fraction of sp³-hybridized carbons (Fsp3) is 0.414. The van der Waals surface area contributed by atoms with Gasteiger partial charge in [-0.05, 0) is 43.7 Å². The minimum absolute atomic E-state index is 0.157. The number of hydrogen-bond acceptors (Lipinski definition) is 7. The Labute approximate surface area is 222 Å². The Hall–Kier alpha value is -3.69. The van der Waals surface area contributed by atoms with E-state index >= 15 is 0 Å². The van der Waals surface area contributed by atoms with E-state index in [2.05, 4.69) is 4.90 Å². The molecule has 200 valence electrons. The molecule has 3 aliphatic heterocycles. The summed E-state index contributed by atoms with van der Waals surface area (Å²) in [7, 11) is 0. The number of carbonyl (C=O) groups excluding carboxylic acids is 3. The second-order valence-corrected chi connectivity index (χ2v) is 9.61. The quantitative estimate of drug-likeness (QED) is 0.325. The number of ether oxygens (including phenoxy) is 2. The van der Waals surface area contributed by atoms with E-state index in [0.29, 0.717) is 75.0 Å². The maximum atomic E-state index is 14.4. The first-order valence-corrected chi connectivity index (χ1v) is 13.2. The highest BCUT2D eigenvalue weighted by Gasteiger charge is 2.66. The summed E-state index contributed by atoms with van der Waals surface area (Å²) in [5.41, 5.74) is -0.417. The molecule has 9 heteroatoms. The molecule has 1 N–H and O–H groups in total. The second-order valence-electron chi connectivity index (χ2n) is 9.61.